The number of pyridine rings is 1. The number of aliphatic hydroxyl groups excluding tert-OH is 1. The Kier molecular flexibility index (Phi) is 9.47. The number of ether oxygens (including phenoxy) is 2. The van der Waals surface area contributed by atoms with E-state index in [4.69, 9.17) is 9.47 Å². The lowest BCUT2D eigenvalue weighted by Crippen LogP contribution is -2.51. The maximum atomic E-state index is 13.7. The van der Waals surface area contributed by atoms with E-state index in [-0.39, 0.29) is 48.3 Å². The lowest BCUT2D eigenvalue weighted by molar-refractivity contribution is -0.136. The zero-order chi connectivity index (χ0) is 27.9. The lowest BCUT2D eigenvalue weighted by atomic mass is 9.88. The minimum atomic E-state index is -0.389. The van der Waals surface area contributed by atoms with E-state index in [9.17, 15) is 14.7 Å². The van der Waals surface area contributed by atoms with Crippen molar-refractivity contribution in [2.75, 3.05) is 33.9 Å². The van der Waals surface area contributed by atoms with Crippen LogP contribution in [0.15, 0.2) is 36.5 Å². The molecule has 1 saturated carbocycles. The summed E-state index contributed by atoms with van der Waals surface area (Å²) in [5, 5.41) is 9.91. The van der Waals surface area contributed by atoms with Crippen molar-refractivity contribution in [3.63, 3.8) is 0 Å². The van der Waals surface area contributed by atoms with Crippen LogP contribution in [-0.2, 0) is 4.79 Å². The highest BCUT2D eigenvalue weighted by Gasteiger charge is 2.35. The van der Waals surface area contributed by atoms with Crippen molar-refractivity contribution in [3.05, 3.63) is 53.2 Å². The Bertz CT molecular complexity index is 1230. The predicted molar refractivity (Wildman–Crippen MR) is 149 cm³/mol. The van der Waals surface area contributed by atoms with E-state index in [1.54, 1.807) is 29.2 Å². The van der Waals surface area contributed by atoms with Gasteiger partial charge in [-0.3, -0.25) is 9.59 Å². The molecule has 1 aliphatic carbocycles. The van der Waals surface area contributed by atoms with Gasteiger partial charge in [0.05, 0.1) is 26.3 Å². The molecule has 0 unspecified atom stereocenters. The molecule has 1 aliphatic heterocycles. The SMILES string of the molecule is COc1cccc(C#Cc2cnc3c(c2)C(=O)N([C@@H](C)CO)C[C@@H](C)[C@H](CN(C)C(=O)C2CCCCC2)O3)c1. The first-order chi connectivity index (χ1) is 18.8. The van der Waals surface area contributed by atoms with Crippen LogP contribution in [0.2, 0.25) is 0 Å². The largest absolute Gasteiger partial charge is 0.497 e. The number of hydrogen-bond acceptors (Lipinski definition) is 6. The number of carbonyl (C=O) groups excluding carboxylic acids is 2. The molecule has 2 heterocycles. The molecule has 2 amide bonds. The number of nitrogens with zero attached hydrogens (tertiary/aromatic N) is 3. The molecule has 3 atom stereocenters. The van der Waals surface area contributed by atoms with Crippen LogP contribution in [0.3, 0.4) is 0 Å². The van der Waals surface area contributed by atoms with Gasteiger partial charge in [-0.1, -0.05) is 44.1 Å². The number of carbonyl (C=O) groups is 2. The van der Waals surface area contributed by atoms with Crippen LogP contribution in [-0.4, -0.2) is 77.7 Å². The van der Waals surface area contributed by atoms with Gasteiger partial charge in [-0.05, 0) is 44.0 Å². The Morgan fingerprint density at radius 2 is 1.97 bits per heavy atom. The molecule has 1 aromatic heterocycles. The van der Waals surface area contributed by atoms with E-state index < -0.39 is 0 Å². The fourth-order valence-corrected chi connectivity index (χ4v) is 5.25. The van der Waals surface area contributed by atoms with E-state index in [1.807, 2.05) is 45.2 Å². The third kappa shape index (κ3) is 6.90. The minimum absolute atomic E-state index is 0.0659. The van der Waals surface area contributed by atoms with E-state index in [0.29, 0.717) is 30.0 Å². The third-order valence-corrected chi connectivity index (χ3v) is 7.73. The van der Waals surface area contributed by atoms with Crippen molar-refractivity contribution in [1.82, 2.24) is 14.8 Å². The standard InChI is InChI=1S/C31H39N3O5/c1-21-18-34(22(2)20-35)31(37)27-16-24(14-13-23-9-8-12-26(15-23)38-4)17-32-29(27)39-28(21)19-33(3)30(36)25-10-6-5-7-11-25/h8-9,12,15-17,21-22,25,28,35H,5-7,10-11,18-20H2,1-4H3/t21-,22+,28+/m1/s1. The second-order valence-electron chi connectivity index (χ2n) is 10.7. The van der Waals surface area contributed by atoms with E-state index in [1.165, 1.54) is 6.42 Å². The Hall–Kier alpha value is -3.57. The summed E-state index contributed by atoms with van der Waals surface area (Å²) in [6.45, 7) is 4.44. The van der Waals surface area contributed by atoms with Gasteiger partial charge in [0.1, 0.15) is 17.4 Å². The predicted octanol–water partition coefficient (Wildman–Crippen LogP) is 3.75. The summed E-state index contributed by atoms with van der Waals surface area (Å²) < 4.78 is 11.6. The minimum Gasteiger partial charge on any atom is -0.497 e. The summed E-state index contributed by atoms with van der Waals surface area (Å²) in [4.78, 5) is 34.8. The molecule has 2 aliphatic rings. The van der Waals surface area contributed by atoms with Crippen LogP contribution in [0.1, 0.15) is 67.4 Å². The van der Waals surface area contributed by atoms with Crippen LogP contribution in [0.25, 0.3) is 0 Å². The van der Waals surface area contributed by atoms with Gasteiger partial charge in [0.2, 0.25) is 11.8 Å². The molecule has 0 spiro atoms. The highest BCUT2D eigenvalue weighted by molar-refractivity contribution is 5.97. The second-order valence-corrected chi connectivity index (χ2v) is 10.7. The summed E-state index contributed by atoms with van der Waals surface area (Å²) in [6, 6.07) is 8.74. The Labute approximate surface area is 231 Å². The normalized spacial score (nSPS) is 20.4. The van der Waals surface area contributed by atoms with Crippen LogP contribution < -0.4 is 9.47 Å². The quantitative estimate of drug-likeness (QED) is 0.569. The fraction of sp³-hybridized carbons (Fsp3) is 0.516. The zero-order valence-electron chi connectivity index (χ0n) is 23.4. The lowest BCUT2D eigenvalue weighted by Gasteiger charge is -2.38. The van der Waals surface area contributed by atoms with Gasteiger partial charge >= 0.3 is 0 Å². The van der Waals surface area contributed by atoms with Crippen molar-refractivity contribution in [1.29, 1.82) is 0 Å². The maximum Gasteiger partial charge on any atom is 0.259 e. The zero-order valence-corrected chi connectivity index (χ0v) is 23.4. The molecule has 39 heavy (non-hydrogen) atoms. The van der Waals surface area contributed by atoms with Crippen molar-refractivity contribution >= 4 is 11.8 Å². The number of likely N-dealkylation sites (N-methyl/N-ethyl adjacent to an activating group) is 1. The van der Waals surface area contributed by atoms with Gasteiger partial charge in [-0.25, -0.2) is 4.98 Å². The molecule has 0 saturated heterocycles. The van der Waals surface area contributed by atoms with Crippen molar-refractivity contribution in [2.24, 2.45) is 11.8 Å². The average Bonchev–Trinajstić information content (AvgIpc) is 2.97. The first-order valence-electron chi connectivity index (χ1n) is 13.8. The molecule has 1 N–H and O–H groups in total. The highest BCUT2D eigenvalue weighted by atomic mass is 16.5. The number of methoxy groups -OCH3 is 1. The molecule has 8 nitrogen and oxygen atoms in total. The topological polar surface area (TPSA) is 92.2 Å². The molecular weight excluding hydrogens is 494 g/mol. The summed E-state index contributed by atoms with van der Waals surface area (Å²) in [7, 11) is 3.44. The second kappa shape index (κ2) is 13.0. The molecule has 0 bridgehead atoms. The molecule has 1 fully saturated rings. The fourth-order valence-electron chi connectivity index (χ4n) is 5.25. The number of rotatable bonds is 6. The number of amides is 2. The van der Waals surface area contributed by atoms with Gasteiger partial charge in [0.15, 0.2) is 0 Å². The van der Waals surface area contributed by atoms with Gasteiger partial charge in [0, 0.05) is 42.8 Å². The van der Waals surface area contributed by atoms with Crippen molar-refractivity contribution < 1.29 is 24.2 Å². The van der Waals surface area contributed by atoms with Crippen LogP contribution >= 0.6 is 0 Å². The smallest absolute Gasteiger partial charge is 0.259 e. The van der Waals surface area contributed by atoms with E-state index >= 15 is 0 Å². The van der Waals surface area contributed by atoms with E-state index in [2.05, 4.69) is 16.8 Å². The van der Waals surface area contributed by atoms with Crippen LogP contribution in [0.4, 0.5) is 0 Å². The molecule has 0 radical (unpaired) electrons. The van der Waals surface area contributed by atoms with Gasteiger partial charge < -0.3 is 24.4 Å². The number of benzene rings is 1. The van der Waals surface area contributed by atoms with Crippen molar-refractivity contribution in [2.45, 2.75) is 58.1 Å². The summed E-state index contributed by atoms with van der Waals surface area (Å²) in [5.41, 5.74) is 1.64. The molecule has 8 heteroatoms. The first kappa shape index (κ1) is 28.4. The number of fused-ring (bicyclic) bond motifs is 1. The number of hydrogen-bond donors (Lipinski definition) is 1. The molecule has 208 valence electrons. The summed E-state index contributed by atoms with van der Waals surface area (Å²) in [6.07, 6.45) is 6.48. The Morgan fingerprint density at radius 3 is 2.69 bits per heavy atom. The molecule has 4 rings (SSSR count). The number of aliphatic hydroxyl groups is 1. The number of aromatic nitrogens is 1. The van der Waals surface area contributed by atoms with E-state index in [0.717, 1.165) is 31.2 Å². The van der Waals surface area contributed by atoms with Gasteiger partial charge in [-0.2, -0.15) is 0 Å². The summed E-state index contributed by atoms with van der Waals surface area (Å²) >= 11 is 0. The van der Waals surface area contributed by atoms with Crippen LogP contribution in [0.5, 0.6) is 11.6 Å². The maximum absolute atomic E-state index is 13.7. The van der Waals surface area contributed by atoms with Gasteiger partial charge in [0.25, 0.3) is 5.91 Å². The molecule has 2 aromatic rings. The molecule has 1 aromatic carbocycles. The van der Waals surface area contributed by atoms with Crippen LogP contribution in [0, 0.1) is 23.7 Å². The molecular formula is C31H39N3O5. The summed E-state index contributed by atoms with van der Waals surface area (Å²) in [5.74, 6) is 6.98. The monoisotopic (exact) mass is 533 g/mol. The average molecular weight is 534 g/mol. The Morgan fingerprint density at radius 1 is 1.23 bits per heavy atom. The third-order valence-electron chi connectivity index (χ3n) is 7.73. The van der Waals surface area contributed by atoms with Gasteiger partial charge in [-0.15, -0.1) is 0 Å². The van der Waals surface area contributed by atoms with Crippen molar-refractivity contribution in [3.8, 4) is 23.5 Å². The Balaban J connectivity index is 1.62. The highest BCUT2D eigenvalue weighted by Crippen LogP contribution is 2.29. The first-order valence-corrected chi connectivity index (χ1v) is 13.8.